The van der Waals surface area contributed by atoms with Crippen LogP contribution in [0.15, 0.2) is 60.7 Å². The largest absolute Gasteiger partial charge is 0.471 e. The highest BCUT2D eigenvalue weighted by Crippen LogP contribution is 2.51. The normalized spacial score (nSPS) is 15.4. The topological polar surface area (TPSA) is 89.6 Å². The maximum Gasteiger partial charge on any atom is 0.471 e. The van der Waals surface area contributed by atoms with E-state index in [2.05, 4.69) is 10.3 Å². The number of hydrogen-bond donors (Lipinski definition) is 2. The number of fused-ring (bicyclic) bond motifs is 1. The van der Waals surface area contributed by atoms with E-state index in [0.29, 0.717) is 47.0 Å². The first-order chi connectivity index (χ1) is 16.7. The van der Waals surface area contributed by atoms with Gasteiger partial charge in [0, 0.05) is 13.5 Å². The van der Waals surface area contributed by atoms with E-state index in [1.54, 1.807) is 42.5 Å². The van der Waals surface area contributed by atoms with Crippen LogP contribution in [0.2, 0.25) is 0 Å². The molecule has 0 bridgehead atoms. The number of nitrogens with zero attached hydrogens (tertiary/aromatic N) is 1. The van der Waals surface area contributed by atoms with Crippen LogP contribution in [-0.4, -0.2) is 29.8 Å². The predicted octanol–water partition coefficient (Wildman–Crippen LogP) is 4.57. The summed E-state index contributed by atoms with van der Waals surface area (Å²) in [5.74, 6) is -0.463. The summed E-state index contributed by atoms with van der Waals surface area (Å²) in [6, 6.07) is 17.3. The number of hydrogen-bond acceptors (Lipinski definition) is 5. The van der Waals surface area contributed by atoms with Gasteiger partial charge in [-0.05, 0) is 48.2 Å². The van der Waals surface area contributed by atoms with Gasteiger partial charge >= 0.3 is 12.1 Å². The third kappa shape index (κ3) is 4.64. The van der Waals surface area contributed by atoms with Crippen LogP contribution in [0.3, 0.4) is 0 Å². The lowest BCUT2D eigenvalue weighted by molar-refractivity contribution is -0.173. The Hall–Kier alpha value is -4.08. The van der Waals surface area contributed by atoms with Crippen molar-refractivity contribution in [2.45, 2.75) is 31.0 Å². The van der Waals surface area contributed by atoms with Crippen LogP contribution in [0, 0.1) is 0 Å². The average Bonchev–Trinajstić information content (AvgIpc) is 3.53. The molecule has 1 aliphatic heterocycles. The number of pyridine rings is 1. The number of halogens is 3. The number of nitrogens with one attached hydrogen (secondary N) is 2. The van der Waals surface area contributed by atoms with Crippen molar-refractivity contribution in [3.63, 3.8) is 0 Å². The molecule has 1 saturated carbocycles. The Balaban J connectivity index is 0.00000304. The molecule has 5 rings (SSSR count). The molecule has 2 heterocycles. The van der Waals surface area contributed by atoms with Crippen LogP contribution in [-0.2, 0) is 21.5 Å². The maximum atomic E-state index is 13.1. The molecule has 1 aliphatic carbocycles. The first-order valence-corrected chi connectivity index (χ1v) is 10.9. The molecular weight excluding hydrogens is 463 g/mol. The molecule has 0 spiro atoms. The zero-order valence-electron chi connectivity index (χ0n) is 18.3. The summed E-state index contributed by atoms with van der Waals surface area (Å²) in [7, 11) is 0. The van der Waals surface area contributed by atoms with Crippen molar-refractivity contribution in [2.24, 2.45) is 0 Å². The summed E-state index contributed by atoms with van der Waals surface area (Å²) < 4.78 is 47.8. The van der Waals surface area contributed by atoms with Crippen molar-refractivity contribution < 1.29 is 33.7 Å². The Morgan fingerprint density at radius 3 is 2.46 bits per heavy atom. The number of amides is 2. The summed E-state index contributed by atoms with van der Waals surface area (Å²) in [4.78, 5) is 28.6. The molecule has 2 aliphatic rings. The number of anilines is 1. The molecule has 3 aromatic rings. The molecule has 182 valence electrons. The molecule has 2 amide bonds. The molecule has 2 aromatic carbocycles. The summed E-state index contributed by atoms with van der Waals surface area (Å²) in [6.45, 7) is -0.0814. The van der Waals surface area contributed by atoms with Gasteiger partial charge in [0.1, 0.15) is 5.82 Å². The van der Waals surface area contributed by atoms with Crippen LogP contribution >= 0.6 is 0 Å². The van der Waals surface area contributed by atoms with Crippen LogP contribution in [0.5, 0.6) is 11.5 Å². The highest BCUT2D eigenvalue weighted by atomic mass is 19.4. The van der Waals surface area contributed by atoms with E-state index in [0.717, 1.165) is 5.56 Å². The quantitative estimate of drug-likeness (QED) is 0.534. The second kappa shape index (κ2) is 8.61. The second-order valence-electron chi connectivity index (χ2n) is 8.39. The monoisotopic (exact) mass is 485 g/mol. The number of ether oxygens (including phenoxy) is 2. The van der Waals surface area contributed by atoms with Crippen LogP contribution < -0.4 is 20.1 Å². The van der Waals surface area contributed by atoms with Crippen molar-refractivity contribution in [1.82, 2.24) is 10.3 Å². The van der Waals surface area contributed by atoms with E-state index in [9.17, 15) is 22.8 Å². The fourth-order valence-electron chi connectivity index (χ4n) is 3.94. The Morgan fingerprint density at radius 1 is 1.00 bits per heavy atom. The summed E-state index contributed by atoms with van der Waals surface area (Å²) in [5.41, 5.74) is 2.03. The number of aromatic nitrogens is 1. The second-order valence-corrected chi connectivity index (χ2v) is 8.39. The Labute approximate surface area is 199 Å². The molecular formula is C25H22F3N3O4. The zero-order chi connectivity index (χ0) is 24.6. The number of rotatable bonds is 6. The molecule has 0 radical (unpaired) electrons. The first-order valence-electron chi connectivity index (χ1n) is 10.9. The molecule has 0 saturated heterocycles. The Kier molecular flexibility index (Phi) is 5.58. The number of carbonyl (C=O) groups excluding carboxylic acids is 2. The Bertz CT molecular complexity index is 1290. The smallest absolute Gasteiger partial charge is 0.454 e. The minimum Gasteiger partial charge on any atom is -0.454 e. The SMILES string of the molecule is O=C(NCc1ccc(-c2cccc(NC(=O)C3(c4ccc5c(c4)OCO5)CC3)n2)cc1)C(F)(F)F.[HH]. The molecule has 35 heavy (non-hydrogen) atoms. The molecule has 0 unspecified atom stereocenters. The summed E-state index contributed by atoms with van der Waals surface area (Å²) in [6.07, 6.45) is -3.49. The van der Waals surface area contributed by atoms with E-state index < -0.39 is 17.5 Å². The lowest BCUT2D eigenvalue weighted by atomic mass is 9.94. The van der Waals surface area contributed by atoms with Gasteiger partial charge in [-0.3, -0.25) is 9.59 Å². The lowest BCUT2D eigenvalue weighted by Crippen LogP contribution is -2.36. The van der Waals surface area contributed by atoms with Gasteiger partial charge in [-0.25, -0.2) is 4.98 Å². The number of carbonyl (C=O) groups is 2. The van der Waals surface area contributed by atoms with E-state index in [4.69, 9.17) is 9.47 Å². The van der Waals surface area contributed by atoms with Gasteiger partial charge in [-0.2, -0.15) is 13.2 Å². The molecule has 10 heteroatoms. The van der Waals surface area contributed by atoms with Gasteiger partial charge in [-0.1, -0.05) is 36.4 Å². The predicted molar refractivity (Wildman–Crippen MR) is 122 cm³/mol. The number of alkyl halides is 3. The van der Waals surface area contributed by atoms with Crippen molar-refractivity contribution in [2.75, 3.05) is 12.1 Å². The lowest BCUT2D eigenvalue weighted by Gasteiger charge is -2.16. The molecule has 7 nitrogen and oxygen atoms in total. The minimum atomic E-state index is -4.92. The first kappa shape index (κ1) is 22.7. The van der Waals surface area contributed by atoms with Gasteiger partial charge in [0.25, 0.3) is 0 Å². The van der Waals surface area contributed by atoms with Crippen molar-refractivity contribution in [1.29, 1.82) is 0 Å². The summed E-state index contributed by atoms with van der Waals surface area (Å²) >= 11 is 0. The van der Waals surface area contributed by atoms with Gasteiger partial charge in [0.2, 0.25) is 12.7 Å². The minimum absolute atomic E-state index is 0. The van der Waals surface area contributed by atoms with Gasteiger partial charge in [0.05, 0.1) is 11.1 Å². The number of benzene rings is 2. The van der Waals surface area contributed by atoms with E-state index in [1.165, 1.54) is 0 Å². The van der Waals surface area contributed by atoms with Crippen molar-refractivity contribution in [3.05, 3.63) is 71.8 Å². The average molecular weight is 485 g/mol. The third-order valence-electron chi connectivity index (χ3n) is 6.06. The van der Waals surface area contributed by atoms with Crippen LogP contribution in [0.1, 0.15) is 25.4 Å². The van der Waals surface area contributed by atoms with Crippen LogP contribution in [0.4, 0.5) is 19.0 Å². The van der Waals surface area contributed by atoms with Gasteiger partial charge < -0.3 is 20.1 Å². The van der Waals surface area contributed by atoms with Crippen molar-refractivity contribution >= 4 is 17.6 Å². The highest BCUT2D eigenvalue weighted by Gasteiger charge is 2.51. The van der Waals surface area contributed by atoms with E-state index >= 15 is 0 Å². The zero-order valence-corrected chi connectivity index (χ0v) is 18.3. The fourth-order valence-corrected chi connectivity index (χ4v) is 3.94. The van der Waals surface area contributed by atoms with Crippen LogP contribution in [0.25, 0.3) is 11.3 Å². The highest BCUT2D eigenvalue weighted by molar-refractivity contribution is 6.01. The van der Waals surface area contributed by atoms with Gasteiger partial charge in [-0.15, -0.1) is 0 Å². The summed E-state index contributed by atoms with van der Waals surface area (Å²) in [5, 5.41) is 4.74. The van der Waals surface area contributed by atoms with E-state index in [-0.39, 0.29) is 20.7 Å². The fraction of sp³-hybridized carbons (Fsp3) is 0.240. The Morgan fingerprint density at radius 2 is 1.74 bits per heavy atom. The third-order valence-corrected chi connectivity index (χ3v) is 6.06. The molecule has 2 N–H and O–H groups in total. The van der Waals surface area contributed by atoms with E-state index in [1.807, 2.05) is 23.5 Å². The standard InChI is InChI=1S/C25H20F3N3O4.H2/c26-25(27,28)23(33)29-13-15-4-6-16(7-5-15)18-2-1-3-21(30-18)31-22(32)24(10-11-24)17-8-9-19-20(12-17)35-14-34-19;/h1-9,12H,10-11,13-14H2,(H,29,33)(H,30,31,32);1H. The molecule has 1 aromatic heterocycles. The van der Waals surface area contributed by atoms with Crippen molar-refractivity contribution in [3.8, 4) is 22.8 Å². The molecule has 0 atom stereocenters. The van der Waals surface area contributed by atoms with Gasteiger partial charge in [0.15, 0.2) is 11.5 Å². The molecule has 1 fully saturated rings. The maximum absolute atomic E-state index is 13.1.